The Labute approximate surface area is 82.2 Å². The molecule has 0 N–H and O–H groups in total. The van der Waals surface area contributed by atoms with Gasteiger partial charge in [0, 0.05) is 14.2 Å². The van der Waals surface area contributed by atoms with Crippen molar-refractivity contribution >= 4 is 0 Å². The van der Waals surface area contributed by atoms with Gasteiger partial charge in [-0.2, -0.15) is 0 Å². The number of quaternary nitrogens is 1. The average molecular weight is 190 g/mol. The molecule has 0 aromatic heterocycles. The van der Waals surface area contributed by atoms with E-state index < -0.39 is 0 Å². The summed E-state index contributed by atoms with van der Waals surface area (Å²) in [5.74, 6) is 0. The van der Waals surface area contributed by atoms with Gasteiger partial charge in [0.05, 0.1) is 26.3 Å². The lowest BCUT2D eigenvalue weighted by atomic mass is 10.3. The maximum atomic E-state index is 5.12. The molecule has 0 amide bonds. The van der Waals surface area contributed by atoms with Gasteiger partial charge in [0.15, 0.2) is 0 Å². The largest absolute Gasteiger partial charge is 0.379 e. The summed E-state index contributed by atoms with van der Waals surface area (Å²) >= 11 is 0. The second-order valence-corrected chi connectivity index (χ2v) is 3.41. The summed E-state index contributed by atoms with van der Waals surface area (Å²) in [4.78, 5) is 0. The molecule has 0 fully saturated rings. The van der Waals surface area contributed by atoms with Gasteiger partial charge in [0.2, 0.25) is 0 Å². The third-order valence-corrected chi connectivity index (χ3v) is 2.88. The maximum Gasteiger partial charge on any atom is 0.102 e. The third kappa shape index (κ3) is 4.60. The number of likely N-dealkylation sites (N-methyl/N-ethyl adjacent to an activating group) is 1. The second-order valence-electron chi connectivity index (χ2n) is 3.41. The van der Waals surface area contributed by atoms with Crippen LogP contribution >= 0.6 is 0 Å². The number of rotatable bonds is 8. The van der Waals surface area contributed by atoms with Gasteiger partial charge in [-0.3, -0.25) is 0 Å². The van der Waals surface area contributed by atoms with Crippen LogP contribution in [-0.4, -0.2) is 58.1 Å². The quantitative estimate of drug-likeness (QED) is 0.534. The molecule has 0 atom stereocenters. The normalized spacial score (nSPS) is 12.0. The molecule has 13 heavy (non-hydrogen) atoms. The van der Waals surface area contributed by atoms with E-state index in [0.29, 0.717) is 0 Å². The highest BCUT2D eigenvalue weighted by Crippen LogP contribution is 2.05. The molecular weight excluding hydrogens is 166 g/mol. The molecule has 0 bridgehead atoms. The second kappa shape index (κ2) is 7.30. The van der Waals surface area contributed by atoms with Crippen LogP contribution in [0, 0.1) is 0 Å². The minimum Gasteiger partial charge on any atom is -0.379 e. The van der Waals surface area contributed by atoms with E-state index in [2.05, 4.69) is 13.8 Å². The Morgan fingerprint density at radius 1 is 0.846 bits per heavy atom. The van der Waals surface area contributed by atoms with Crippen LogP contribution in [0.15, 0.2) is 0 Å². The summed E-state index contributed by atoms with van der Waals surface area (Å²) in [6.07, 6.45) is 0. The highest BCUT2D eigenvalue weighted by molar-refractivity contribution is 4.40. The smallest absolute Gasteiger partial charge is 0.102 e. The van der Waals surface area contributed by atoms with E-state index in [4.69, 9.17) is 9.47 Å². The SMILES string of the molecule is CC[N+](CC)(CCOC)CCOC. The van der Waals surface area contributed by atoms with Crippen LogP contribution in [-0.2, 0) is 9.47 Å². The van der Waals surface area contributed by atoms with Crippen LogP contribution in [0.1, 0.15) is 13.8 Å². The van der Waals surface area contributed by atoms with Crippen LogP contribution in [0.3, 0.4) is 0 Å². The number of ether oxygens (including phenoxy) is 2. The molecule has 0 spiro atoms. The molecule has 0 rings (SSSR count). The molecule has 0 aliphatic heterocycles. The Hall–Kier alpha value is -0.120. The number of hydrogen-bond donors (Lipinski definition) is 0. The van der Waals surface area contributed by atoms with Crippen molar-refractivity contribution in [1.29, 1.82) is 0 Å². The van der Waals surface area contributed by atoms with Gasteiger partial charge in [0.25, 0.3) is 0 Å². The molecule has 80 valence electrons. The highest BCUT2D eigenvalue weighted by atomic mass is 16.5. The molecule has 0 saturated carbocycles. The van der Waals surface area contributed by atoms with E-state index >= 15 is 0 Å². The topological polar surface area (TPSA) is 18.5 Å². The lowest BCUT2D eigenvalue weighted by Gasteiger charge is -2.36. The fourth-order valence-electron chi connectivity index (χ4n) is 1.54. The van der Waals surface area contributed by atoms with Gasteiger partial charge < -0.3 is 14.0 Å². The van der Waals surface area contributed by atoms with Gasteiger partial charge in [-0.25, -0.2) is 0 Å². The zero-order chi connectivity index (χ0) is 10.2. The molecule has 0 unspecified atom stereocenters. The standard InChI is InChI=1S/C10H24NO2/c1-5-11(6-2,7-9-12-3)8-10-13-4/h5-10H2,1-4H3/q+1. The van der Waals surface area contributed by atoms with E-state index in [-0.39, 0.29) is 0 Å². The van der Waals surface area contributed by atoms with Gasteiger partial charge in [-0.1, -0.05) is 0 Å². The van der Waals surface area contributed by atoms with Gasteiger partial charge in [-0.05, 0) is 13.8 Å². The molecule has 0 heterocycles. The molecule has 0 aliphatic rings. The van der Waals surface area contributed by atoms with Crippen LogP contribution in [0.5, 0.6) is 0 Å². The Kier molecular flexibility index (Phi) is 7.23. The molecule has 3 nitrogen and oxygen atoms in total. The number of methoxy groups -OCH3 is 2. The Balaban J connectivity index is 3.97. The van der Waals surface area contributed by atoms with E-state index in [1.165, 1.54) is 0 Å². The lowest BCUT2D eigenvalue weighted by Crippen LogP contribution is -2.51. The average Bonchev–Trinajstić information content (AvgIpc) is 2.20. The van der Waals surface area contributed by atoms with Crippen molar-refractivity contribution in [2.24, 2.45) is 0 Å². The Morgan fingerprint density at radius 2 is 1.23 bits per heavy atom. The minimum atomic E-state index is 0.839. The summed E-state index contributed by atoms with van der Waals surface area (Å²) in [5.41, 5.74) is 0. The molecule has 0 aliphatic carbocycles. The first-order valence-electron chi connectivity index (χ1n) is 5.07. The number of hydrogen-bond acceptors (Lipinski definition) is 2. The van der Waals surface area contributed by atoms with Gasteiger partial charge >= 0.3 is 0 Å². The van der Waals surface area contributed by atoms with Crippen molar-refractivity contribution in [2.75, 3.05) is 53.6 Å². The van der Waals surface area contributed by atoms with Crippen LogP contribution in [0.4, 0.5) is 0 Å². The number of nitrogens with zero attached hydrogens (tertiary/aromatic N) is 1. The van der Waals surface area contributed by atoms with Crippen molar-refractivity contribution in [3.05, 3.63) is 0 Å². The lowest BCUT2D eigenvalue weighted by molar-refractivity contribution is -0.925. The molecule has 0 aromatic carbocycles. The predicted octanol–water partition coefficient (Wildman–Crippen LogP) is 1.14. The predicted molar refractivity (Wildman–Crippen MR) is 54.8 cm³/mol. The fraction of sp³-hybridized carbons (Fsp3) is 1.00. The van der Waals surface area contributed by atoms with Gasteiger partial charge in [-0.15, -0.1) is 0 Å². The first-order chi connectivity index (χ1) is 6.24. The molecular formula is C10H24NO2+. The van der Waals surface area contributed by atoms with E-state index in [0.717, 1.165) is 43.9 Å². The van der Waals surface area contributed by atoms with Crippen molar-refractivity contribution in [3.63, 3.8) is 0 Å². The fourth-order valence-corrected chi connectivity index (χ4v) is 1.54. The first-order valence-corrected chi connectivity index (χ1v) is 5.07. The summed E-state index contributed by atoms with van der Waals surface area (Å²) in [7, 11) is 3.52. The molecule has 0 saturated heterocycles. The summed E-state index contributed by atoms with van der Waals surface area (Å²) in [6.45, 7) is 10.6. The Bertz CT molecular complexity index is 103. The molecule has 3 heteroatoms. The molecule has 0 aromatic rings. The monoisotopic (exact) mass is 190 g/mol. The van der Waals surface area contributed by atoms with Crippen molar-refractivity contribution in [2.45, 2.75) is 13.8 Å². The van der Waals surface area contributed by atoms with Crippen molar-refractivity contribution in [3.8, 4) is 0 Å². The third-order valence-electron chi connectivity index (χ3n) is 2.88. The maximum absolute atomic E-state index is 5.12. The minimum absolute atomic E-state index is 0.839. The summed E-state index contributed by atoms with van der Waals surface area (Å²) in [6, 6.07) is 0. The van der Waals surface area contributed by atoms with Crippen LogP contribution < -0.4 is 0 Å². The van der Waals surface area contributed by atoms with E-state index in [1.54, 1.807) is 14.2 Å². The zero-order valence-electron chi connectivity index (χ0n) is 9.51. The van der Waals surface area contributed by atoms with Crippen LogP contribution in [0.2, 0.25) is 0 Å². The van der Waals surface area contributed by atoms with Crippen LogP contribution in [0.25, 0.3) is 0 Å². The van der Waals surface area contributed by atoms with Crippen molar-refractivity contribution < 1.29 is 14.0 Å². The summed E-state index contributed by atoms with van der Waals surface area (Å²) in [5, 5.41) is 0. The highest BCUT2D eigenvalue weighted by Gasteiger charge is 2.21. The molecule has 0 radical (unpaired) electrons. The summed E-state index contributed by atoms with van der Waals surface area (Å²) < 4.78 is 11.3. The van der Waals surface area contributed by atoms with Crippen molar-refractivity contribution in [1.82, 2.24) is 0 Å². The van der Waals surface area contributed by atoms with Gasteiger partial charge in [0.1, 0.15) is 13.1 Å². The Morgan fingerprint density at radius 3 is 1.46 bits per heavy atom. The first kappa shape index (κ1) is 12.9. The van der Waals surface area contributed by atoms with E-state index in [1.807, 2.05) is 0 Å². The van der Waals surface area contributed by atoms with E-state index in [9.17, 15) is 0 Å². The zero-order valence-corrected chi connectivity index (χ0v) is 9.51.